The van der Waals surface area contributed by atoms with Crippen molar-refractivity contribution in [2.75, 3.05) is 0 Å². The lowest BCUT2D eigenvalue weighted by molar-refractivity contribution is -0.137. The van der Waals surface area contributed by atoms with Gasteiger partial charge >= 0.3 is 11.7 Å². The summed E-state index contributed by atoms with van der Waals surface area (Å²) < 4.78 is 15.1. The maximum absolute atomic E-state index is 13.6. The first kappa shape index (κ1) is 12.0. The molecule has 6 nitrogen and oxygen atoms in total. The first-order chi connectivity index (χ1) is 8.43. The number of para-hydroxylation sites is 1. The number of aliphatic carboxylic acids is 1. The molecule has 0 fully saturated rings. The Morgan fingerprint density at radius 3 is 2.67 bits per heavy atom. The van der Waals surface area contributed by atoms with E-state index < -0.39 is 29.6 Å². The number of carbonyl (C=O) groups is 1. The summed E-state index contributed by atoms with van der Waals surface area (Å²) >= 11 is 0. The highest BCUT2D eigenvalue weighted by molar-refractivity contribution is 5.78. The van der Waals surface area contributed by atoms with Crippen molar-refractivity contribution in [1.82, 2.24) is 9.13 Å². The fraction of sp³-hybridized carbons (Fsp3) is 0.182. The highest BCUT2D eigenvalue weighted by Gasteiger charge is 2.15. The highest BCUT2D eigenvalue weighted by atomic mass is 19.1. The van der Waals surface area contributed by atoms with Gasteiger partial charge in [-0.2, -0.15) is 0 Å². The van der Waals surface area contributed by atoms with Gasteiger partial charge in [0, 0.05) is 7.05 Å². The number of benzene rings is 1. The summed E-state index contributed by atoms with van der Waals surface area (Å²) in [5.74, 6) is -2.02. The second kappa shape index (κ2) is 4.10. The van der Waals surface area contributed by atoms with E-state index in [4.69, 9.17) is 5.11 Å². The third-order valence-electron chi connectivity index (χ3n) is 2.61. The summed E-state index contributed by atoms with van der Waals surface area (Å²) in [6.07, 6.45) is 0. The number of halogens is 1. The molecular weight excluding hydrogens is 243 g/mol. The number of carboxylic acids is 1. The maximum Gasteiger partial charge on any atom is 0.331 e. The number of fused-ring (bicyclic) bond motifs is 1. The zero-order valence-electron chi connectivity index (χ0n) is 9.38. The third-order valence-corrected chi connectivity index (χ3v) is 2.61. The molecule has 0 unspecified atom stereocenters. The second-order valence-electron chi connectivity index (χ2n) is 3.76. The molecule has 0 amide bonds. The fourth-order valence-corrected chi connectivity index (χ4v) is 1.81. The van der Waals surface area contributed by atoms with Crippen molar-refractivity contribution >= 4 is 16.9 Å². The number of hydrogen-bond donors (Lipinski definition) is 1. The number of rotatable bonds is 2. The van der Waals surface area contributed by atoms with Gasteiger partial charge in [-0.05, 0) is 12.1 Å². The first-order valence-corrected chi connectivity index (χ1v) is 5.03. The van der Waals surface area contributed by atoms with Crippen molar-refractivity contribution in [3.05, 3.63) is 44.9 Å². The van der Waals surface area contributed by atoms with Crippen LogP contribution in [0.1, 0.15) is 0 Å². The van der Waals surface area contributed by atoms with E-state index in [-0.39, 0.29) is 10.9 Å². The molecule has 0 aliphatic rings. The minimum atomic E-state index is -1.31. The van der Waals surface area contributed by atoms with Gasteiger partial charge in [0.1, 0.15) is 12.4 Å². The summed E-state index contributed by atoms with van der Waals surface area (Å²) in [6, 6.07) is 3.80. The van der Waals surface area contributed by atoms with Gasteiger partial charge in [0.05, 0.1) is 10.9 Å². The van der Waals surface area contributed by atoms with E-state index in [2.05, 4.69) is 0 Å². The van der Waals surface area contributed by atoms with Gasteiger partial charge in [-0.25, -0.2) is 13.8 Å². The minimum Gasteiger partial charge on any atom is -0.480 e. The van der Waals surface area contributed by atoms with E-state index in [0.29, 0.717) is 4.57 Å². The Kier molecular flexibility index (Phi) is 2.74. The zero-order chi connectivity index (χ0) is 13.4. The van der Waals surface area contributed by atoms with Gasteiger partial charge in [0.15, 0.2) is 0 Å². The Morgan fingerprint density at radius 1 is 1.39 bits per heavy atom. The van der Waals surface area contributed by atoms with Crippen LogP contribution >= 0.6 is 0 Å². The topological polar surface area (TPSA) is 81.3 Å². The van der Waals surface area contributed by atoms with E-state index in [1.54, 1.807) is 0 Å². The van der Waals surface area contributed by atoms with Crippen LogP contribution in [0.2, 0.25) is 0 Å². The number of nitrogens with zero attached hydrogens (tertiary/aromatic N) is 2. The Labute approximate surface area is 99.5 Å². The number of hydrogen-bond acceptors (Lipinski definition) is 3. The molecule has 7 heteroatoms. The molecular formula is C11H9FN2O4. The van der Waals surface area contributed by atoms with Crippen molar-refractivity contribution in [3.63, 3.8) is 0 Å². The summed E-state index contributed by atoms with van der Waals surface area (Å²) in [7, 11) is 1.28. The number of aryl methyl sites for hydroxylation is 1. The van der Waals surface area contributed by atoms with Crippen LogP contribution < -0.4 is 11.2 Å². The van der Waals surface area contributed by atoms with Crippen LogP contribution in [0.4, 0.5) is 4.39 Å². The summed E-state index contributed by atoms with van der Waals surface area (Å²) in [5, 5.41) is 8.62. The van der Waals surface area contributed by atoms with Crippen LogP contribution in [0, 0.1) is 5.82 Å². The molecule has 0 aliphatic carbocycles. The molecule has 18 heavy (non-hydrogen) atoms. The average Bonchev–Trinajstić information content (AvgIpc) is 2.31. The van der Waals surface area contributed by atoms with Gasteiger partial charge in [0.2, 0.25) is 0 Å². The molecule has 1 aromatic heterocycles. The molecule has 0 aliphatic heterocycles. The van der Waals surface area contributed by atoms with Crippen molar-refractivity contribution in [3.8, 4) is 0 Å². The number of aromatic nitrogens is 2. The fourth-order valence-electron chi connectivity index (χ4n) is 1.81. The Morgan fingerprint density at radius 2 is 2.06 bits per heavy atom. The van der Waals surface area contributed by atoms with Crippen molar-refractivity contribution in [1.29, 1.82) is 0 Å². The number of carboxylic acid groups (broad SMARTS) is 1. The van der Waals surface area contributed by atoms with Crippen LogP contribution in [-0.2, 0) is 18.4 Å². The molecule has 2 aromatic rings. The largest absolute Gasteiger partial charge is 0.480 e. The summed E-state index contributed by atoms with van der Waals surface area (Å²) in [6.45, 7) is -0.752. The molecule has 0 atom stereocenters. The maximum atomic E-state index is 13.6. The lowest BCUT2D eigenvalue weighted by Crippen LogP contribution is -2.41. The summed E-state index contributed by atoms with van der Waals surface area (Å²) in [4.78, 5) is 34.3. The smallest absolute Gasteiger partial charge is 0.331 e. The van der Waals surface area contributed by atoms with Gasteiger partial charge < -0.3 is 5.11 Å². The minimum absolute atomic E-state index is 0.0293. The van der Waals surface area contributed by atoms with E-state index >= 15 is 0 Å². The highest BCUT2D eigenvalue weighted by Crippen LogP contribution is 2.11. The van der Waals surface area contributed by atoms with Crippen molar-refractivity contribution < 1.29 is 14.3 Å². The zero-order valence-corrected chi connectivity index (χ0v) is 9.38. The molecule has 0 saturated heterocycles. The van der Waals surface area contributed by atoms with Crippen LogP contribution in [0.3, 0.4) is 0 Å². The molecule has 0 radical (unpaired) electrons. The second-order valence-corrected chi connectivity index (χ2v) is 3.76. The standard InChI is InChI=1S/C11H9FN2O4/c1-13-9-6(3-2-4-7(9)12)10(17)14(11(13)18)5-8(15)16/h2-4H,5H2,1H3,(H,15,16). The first-order valence-electron chi connectivity index (χ1n) is 5.03. The SMILES string of the molecule is Cn1c(=O)n(CC(=O)O)c(=O)c2cccc(F)c21. The van der Waals surface area contributed by atoms with Crippen LogP contribution in [0.25, 0.3) is 10.9 Å². The van der Waals surface area contributed by atoms with E-state index in [0.717, 1.165) is 10.6 Å². The lowest BCUT2D eigenvalue weighted by atomic mass is 10.2. The Hall–Kier alpha value is -2.44. The average molecular weight is 252 g/mol. The molecule has 0 spiro atoms. The molecule has 94 valence electrons. The van der Waals surface area contributed by atoms with Gasteiger partial charge in [-0.1, -0.05) is 6.07 Å². The van der Waals surface area contributed by atoms with Crippen molar-refractivity contribution in [2.24, 2.45) is 7.05 Å². The van der Waals surface area contributed by atoms with E-state index in [9.17, 15) is 18.8 Å². The van der Waals surface area contributed by atoms with Crippen LogP contribution in [-0.4, -0.2) is 20.2 Å². The molecule has 0 bridgehead atoms. The van der Waals surface area contributed by atoms with Crippen LogP contribution in [0.15, 0.2) is 27.8 Å². The van der Waals surface area contributed by atoms with Gasteiger partial charge in [0.25, 0.3) is 5.56 Å². The predicted molar refractivity (Wildman–Crippen MR) is 61.0 cm³/mol. The van der Waals surface area contributed by atoms with Crippen molar-refractivity contribution in [2.45, 2.75) is 6.54 Å². The third kappa shape index (κ3) is 1.69. The van der Waals surface area contributed by atoms with E-state index in [1.807, 2.05) is 0 Å². The molecule has 1 N–H and O–H groups in total. The molecule has 1 aromatic carbocycles. The summed E-state index contributed by atoms with van der Waals surface area (Å²) in [5.41, 5.74) is -1.80. The van der Waals surface area contributed by atoms with E-state index in [1.165, 1.54) is 19.2 Å². The Bertz CT molecular complexity index is 760. The molecule has 1 heterocycles. The van der Waals surface area contributed by atoms with Gasteiger partial charge in [-0.3, -0.25) is 14.2 Å². The normalized spacial score (nSPS) is 10.8. The lowest BCUT2D eigenvalue weighted by Gasteiger charge is -2.09. The monoisotopic (exact) mass is 252 g/mol. The molecule has 0 saturated carbocycles. The predicted octanol–water partition coefficient (Wildman–Crippen LogP) is -0.0761. The quantitative estimate of drug-likeness (QED) is 0.810. The van der Waals surface area contributed by atoms with Crippen LogP contribution in [0.5, 0.6) is 0 Å². The molecule has 2 rings (SSSR count). The van der Waals surface area contributed by atoms with Gasteiger partial charge in [-0.15, -0.1) is 0 Å². The Balaban J connectivity index is 2.98.